The third-order valence-electron chi connectivity index (χ3n) is 3.29. The fourth-order valence-corrected chi connectivity index (χ4v) is 3.36. The molecule has 0 bridgehead atoms. The minimum absolute atomic E-state index is 0.584. The average molecular weight is 314 g/mol. The molecule has 1 aliphatic rings. The van der Waals surface area contributed by atoms with E-state index >= 15 is 0 Å². The van der Waals surface area contributed by atoms with Gasteiger partial charge in [0.05, 0.1) is 11.4 Å². The van der Waals surface area contributed by atoms with Crippen LogP contribution in [0.5, 0.6) is 0 Å². The normalized spacial score (nSPS) is 12.3. The highest BCUT2D eigenvalue weighted by Gasteiger charge is 2.16. The van der Waals surface area contributed by atoms with Gasteiger partial charge in [-0.3, -0.25) is 0 Å². The zero-order valence-electron chi connectivity index (χ0n) is 12.1. The van der Waals surface area contributed by atoms with Gasteiger partial charge in [-0.2, -0.15) is 0 Å². The van der Waals surface area contributed by atoms with Crippen LogP contribution in [0.2, 0.25) is 0 Å². The summed E-state index contributed by atoms with van der Waals surface area (Å²) in [5.41, 5.74) is 3.36. The van der Waals surface area contributed by atoms with Gasteiger partial charge in [0.2, 0.25) is 0 Å². The molecule has 0 unspecified atom stereocenters. The van der Waals surface area contributed by atoms with Gasteiger partial charge in [0, 0.05) is 21.9 Å². The summed E-state index contributed by atoms with van der Waals surface area (Å²) in [4.78, 5) is 3.32. The van der Waals surface area contributed by atoms with Crippen molar-refractivity contribution in [2.45, 2.75) is 23.6 Å². The average Bonchev–Trinajstić information content (AvgIpc) is 2.50. The van der Waals surface area contributed by atoms with Crippen molar-refractivity contribution in [2.24, 2.45) is 5.92 Å². The summed E-state index contributed by atoms with van der Waals surface area (Å²) in [6.07, 6.45) is 0. The number of thiocarbonyl (C=S) groups is 1. The van der Waals surface area contributed by atoms with Crippen LogP contribution in [-0.2, 0) is 0 Å². The molecule has 0 atom stereocenters. The number of fused-ring (bicyclic) bond motifs is 2. The first kappa shape index (κ1) is 14.4. The van der Waals surface area contributed by atoms with Crippen LogP contribution < -0.4 is 10.6 Å². The molecule has 3 rings (SSSR count). The molecule has 0 amide bonds. The molecule has 0 fully saturated rings. The van der Waals surface area contributed by atoms with E-state index < -0.39 is 0 Å². The van der Waals surface area contributed by atoms with E-state index in [0.717, 1.165) is 28.5 Å². The second kappa shape index (κ2) is 6.08. The van der Waals surface area contributed by atoms with Crippen molar-refractivity contribution in [3.8, 4) is 0 Å². The summed E-state index contributed by atoms with van der Waals surface area (Å²) in [5, 5.41) is 6.81. The molecular formula is C17H18N2S2. The molecule has 0 radical (unpaired) electrons. The molecule has 21 heavy (non-hydrogen) atoms. The molecule has 2 nitrogen and oxygen atoms in total. The Morgan fingerprint density at radius 3 is 2.71 bits per heavy atom. The van der Waals surface area contributed by atoms with Crippen LogP contribution in [0.25, 0.3) is 0 Å². The van der Waals surface area contributed by atoms with Crippen molar-refractivity contribution in [1.29, 1.82) is 0 Å². The molecule has 0 saturated heterocycles. The van der Waals surface area contributed by atoms with Gasteiger partial charge in [-0.25, -0.2) is 0 Å². The Hall–Kier alpha value is -1.52. The number of nitrogens with one attached hydrogen (secondary N) is 2. The first-order chi connectivity index (χ1) is 10.1. The van der Waals surface area contributed by atoms with E-state index in [2.05, 4.69) is 66.9 Å². The van der Waals surface area contributed by atoms with Crippen LogP contribution in [0.4, 0.5) is 11.4 Å². The van der Waals surface area contributed by atoms with Crippen LogP contribution in [0.3, 0.4) is 0 Å². The maximum atomic E-state index is 5.48. The van der Waals surface area contributed by atoms with E-state index in [1.165, 1.54) is 9.79 Å². The van der Waals surface area contributed by atoms with E-state index in [1.807, 2.05) is 0 Å². The second-order valence-corrected chi connectivity index (χ2v) is 7.03. The highest BCUT2D eigenvalue weighted by atomic mass is 32.2. The molecular weight excluding hydrogens is 296 g/mol. The lowest BCUT2D eigenvalue weighted by Gasteiger charge is -2.21. The molecule has 0 aromatic heterocycles. The summed E-state index contributed by atoms with van der Waals surface area (Å²) in [7, 11) is 0. The van der Waals surface area contributed by atoms with Crippen molar-refractivity contribution < 1.29 is 0 Å². The Bertz CT molecular complexity index is 680. The maximum absolute atomic E-state index is 5.48. The Labute approximate surface area is 135 Å². The fraction of sp³-hybridized carbons (Fsp3) is 0.235. The molecule has 1 aliphatic heterocycles. The summed E-state index contributed by atoms with van der Waals surface area (Å²) in [5.74, 6) is 0.584. The zero-order valence-corrected chi connectivity index (χ0v) is 13.8. The molecule has 108 valence electrons. The lowest BCUT2D eigenvalue weighted by atomic mass is 10.1. The summed E-state index contributed by atoms with van der Waals surface area (Å²) in [6.45, 7) is 5.26. The van der Waals surface area contributed by atoms with E-state index in [4.69, 9.17) is 12.2 Å². The van der Waals surface area contributed by atoms with Crippen molar-refractivity contribution in [2.75, 3.05) is 11.9 Å². The van der Waals surface area contributed by atoms with Gasteiger partial charge in [-0.05, 0) is 30.2 Å². The predicted octanol–water partition coefficient (Wildman–Crippen LogP) is 4.82. The van der Waals surface area contributed by atoms with Crippen LogP contribution >= 0.6 is 24.0 Å². The third-order valence-corrected chi connectivity index (χ3v) is 4.82. The van der Waals surface area contributed by atoms with Crippen LogP contribution in [-0.4, -0.2) is 11.5 Å². The van der Waals surface area contributed by atoms with Crippen LogP contribution in [0.15, 0.2) is 52.3 Å². The number of hydrogen-bond acceptors (Lipinski definition) is 3. The molecule has 0 saturated carbocycles. The summed E-state index contributed by atoms with van der Waals surface area (Å²) < 4.78 is 0. The zero-order chi connectivity index (χ0) is 14.8. The van der Waals surface area contributed by atoms with Crippen molar-refractivity contribution in [3.05, 3.63) is 48.0 Å². The second-order valence-electron chi connectivity index (χ2n) is 5.54. The Morgan fingerprint density at radius 1 is 1.14 bits per heavy atom. The molecule has 1 heterocycles. The quantitative estimate of drug-likeness (QED) is 0.677. The maximum Gasteiger partial charge on any atom is 0.106 e. The molecule has 0 spiro atoms. The van der Waals surface area contributed by atoms with Gasteiger partial charge in [-0.1, -0.05) is 56.0 Å². The monoisotopic (exact) mass is 314 g/mol. The topological polar surface area (TPSA) is 24.1 Å². The van der Waals surface area contributed by atoms with Gasteiger partial charge in [0.15, 0.2) is 0 Å². The number of rotatable bonds is 3. The fourth-order valence-electron chi connectivity index (χ4n) is 2.18. The lowest BCUT2D eigenvalue weighted by molar-refractivity contribution is 0.628. The Kier molecular flexibility index (Phi) is 4.17. The SMILES string of the molecule is CC(C)CNC(=S)c1ccc2c(c1)Nc1ccccc1S2. The van der Waals surface area contributed by atoms with Crippen molar-refractivity contribution >= 4 is 40.3 Å². The highest BCUT2D eigenvalue weighted by Crippen LogP contribution is 2.44. The summed E-state index contributed by atoms with van der Waals surface area (Å²) in [6, 6.07) is 14.7. The number of hydrogen-bond donors (Lipinski definition) is 2. The van der Waals surface area contributed by atoms with E-state index in [0.29, 0.717) is 5.92 Å². The third kappa shape index (κ3) is 3.22. The number of para-hydroxylation sites is 1. The standard InChI is InChI=1S/C17H18N2S2/c1-11(2)10-18-17(20)12-7-8-16-14(9-12)19-13-5-3-4-6-15(13)21-16/h3-9,11,19H,10H2,1-2H3,(H,18,20). The van der Waals surface area contributed by atoms with Gasteiger partial charge >= 0.3 is 0 Å². The van der Waals surface area contributed by atoms with E-state index in [9.17, 15) is 0 Å². The Morgan fingerprint density at radius 2 is 1.90 bits per heavy atom. The first-order valence-corrected chi connectivity index (χ1v) is 8.32. The van der Waals surface area contributed by atoms with Gasteiger partial charge in [0.1, 0.15) is 4.99 Å². The number of benzene rings is 2. The van der Waals surface area contributed by atoms with Gasteiger partial charge in [0.25, 0.3) is 0 Å². The Balaban J connectivity index is 1.82. The van der Waals surface area contributed by atoms with Crippen LogP contribution in [0, 0.1) is 5.92 Å². The molecule has 2 aromatic carbocycles. The van der Waals surface area contributed by atoms with E-state index in [1.54, 1.807) is 11.8 Å². The molecule has 0 aliphatic carbocycles. The smallest absolute Gasteiger partial charge is 0.106 e. The minimum Gasteiger partial charge on any atom is -0.376 e. The summed E-state index contributed by atoms with van der Waals surface area (Å²) >= 11 is 7.27. The van der Waals surface area contributed by atoms with Crippen molar-refractivity contribution in [1.82, 2.24) is 5.32 Å². The predicted molar refractivity (Wildman–Crippen MR) is 94.8 cm³/mol. The van der Waals surface area contributed by atoms with Crippen molar-refractivity contribution in [3.63, 3.8) is 0 Å². The molecule has 4 heteroatoms. The van der Waals surface area contributed by atoms with Crippen LogP contribution in [0.1, 0.15) is 19.4 Å². The number of anilines is 2. The van der Waals surface area contributed by atoms with Gasteiger partial charge < -0.3 is 10.6 Å². The minimum atomic E-state index is 0.584. The lowest BCUT2D eigenvalue weighted by Crippen LogP contribution is -2.26. The largest absolute Gasteiger partial charge is 0.376 e. The highest BCUT2D eigenvalue weighted by molar-refractivity contribution is 7.99. The first-order valence-electron chi connectivity index (χ1n) is 7.09. The van der Waals surface area contributed by atoms with Gasteiger partial charge in [-0.15, -0.1) is 0 Å². The molecule has 2 N–H and O–H groups in total. The van der Waals surface area contributed by atoms with E-state index in [-0.39, 0.29) is 0 Å². The molecule has 2 aromatic rings.